The van der Waals surface area contributed by atoms with E-state index in [0.717, 1.165) is 0 Å². The van der Waals surface area contributed by atoms with Crippen LogP contribution in [0.4, 0.5) is 0 Å². The van der Waals surface area contributed by atoms with Gasteiger partial charge in [-0.1, -0.05) is 29.8 Å². The number of hydrogen-bond donors (Lipinski definition) is 2. The van der Waals surface area contributed by atoms with Gasteiger partial charge in [-0.05, 0) is 24.4 Å². The van der Waals surface area contributed by atoms with Crippen molar-refractivity contribution in [3.8, 4) is 0 Å². The molecule has 100 valence electrons. The Morgan fingerprint density at radius 2 is 2.16 bits per heavy atom. The Labute approximate surface area is 120 Å². The summed E-state index contributed by atoms with van der Waals surface area (Å²) in [6.45, 7) is 1.73. The third-order valence-electron chi connectivity index (χ3n) is 2.83. The van der Waals surface area contributed by atoms with E-state index in [0.29, 0.717) is 16.1 Å². The highest BCUT2D eigenvalue weighted by Crippen LogP contribution is 2.27. The highest BCUT2D eigenvalue weighted by Gasteiger charge is 2.26. The Morgan fingerprint density at radius 1 is 1.42 bits per heavy atom. The number of hydrogen-bond acceptors (Lipinski definition) is 3. The molecule has 0 aliphatic heterocycles. The van der Waals surface area contributed by atoms with Gasteiger partial charge in [0.15, 0.2) is 0 Å². The van der Waals surface area contributed by atoms with Crippen molar-refractivity contribution in [2.45, 2.75) is 12.5 Å². The Bertz CT molecular complexity index is 567. The maximum absolute atomic E-state index is 11.8. The fraction of sp³-hybridized carbons (Fsp3) is 0.214. The highest BCUT2D eigenvalue weighted by atomic mass is 35.5. The van der Waals surface area contributed by atoms with E-state index in [4.69, 9.17) is 11.6 Å². The van der Waals surface area contributed by atoms with Gasteiger partial charge in [-0.3, -0.25) is 4.79 Å². The zero-order valence-corrected chi connectivity index (χ0v) is 12.0. The monoisotopic (exact) mass is 295 g/mol. The normalized spacial score (nSPS) is 13.8. The molecule has 0 radical (unpaired) electrons. The summed E-state index contributed by atoms with van der Waals surface area (Å²) in [7, 11) is 0. The van der Waals surface area contributed by atoms with Crippen LogP contribution in [0.1, 0.15) is 22.8 Å². The van der Waals surface area contributed by atoms with Crippen LogP contribution in [0.2, 0.25) is 5.02 Å². The maximum Gasteiger partial charge on any atom is 0.252 e. The van der Waals surface area contributed by atoms with Crippen molar-refractivity contribution in [3.05, 3.63) is 57.2 Å². The highest BCUT2D eigenvalue weighted by molar-refractivity contribution is 7.08. The van der Waals surface area contributed by atoms with Gasteiger partial charge in [0.1, 0.15) is 5.60 Å². The van der Waals surface area contributed by atoms with Crippen LogP contribution in [-0.2, 0) is 5.60 Å². The molecule has 0 bridgehead atoms. The summed E-state index contributed by atoms with van der Waals surface area (Å²) in [4.78, 5) is 11.8. The van der Waals surface area contributed by atoms with Crippen molar-refractivity contribution in [1.82, 2.24) is 5.32 Å². The van der Waals surface area contributed by atoms with Crippen molar-refractivity contribution in [1.29, 1.82) is 0 Å². The quantitative estimate of drug-likeness (QED) is 0.911. The number of aliphatic hydroxyl groups is 1. The molecule has 0 fully saturated rings. The minimum atomic E-state index is -1.20. The first-order chi connectivity index (χ1) is 9.00. The average Bonchev–Trinajstić information content (AvgIpc) is 2.90. The largest absolute Gasteiger partial charge is 0.384 e. The molecule has 1 unspecified atom stereocenters. The molecule has 1 amide bonds. The second kappa shape index (κ2) is 5.74. The number of rotatable bonds is 4. The van der Waals surface area contributed by atoms with Gasteiger partial charge in [0, 0.05) is 21.5 Å². The summed E-state index contributed by atoms with van der Waals surface area (Å²) < 4.78 is 0. The lowest BCUT2D eigenvalue weighted by atomic mass is 9.96. The summed E-state index contributed by atoms with van der Waals surface area (Å²) in [6, 6.07) is 8.80. The summed E-state index contributed by atoms with van der Waals surface area (Å²) in [5.74, 6) is -0.200. The number of benzene rings is 1. The van der Waals surface area contributed by atoms with Crippen LogP contribution in [0.3, 0.4) is 0 Å². The molecule has 5 heteroatoms. The molecule has 0 spiro atoms. The van der Waals surface area contributed by atoms with Gasteiger partial charge in [-0.2, -0.15) is 11.3 Å². The minimum Gasteiger partial charge on any atom is -0.384 e. The van der Waals surface area contributed by atoms with Gasteiger partial charge in [0.2, 0.25) is 0 Å². The number of amides is 1. The molecule has 1 heterocycles. The molecule has 0 aliphatic carbocycles. The first-order valence-corrected chi connectivity index (χ1v) is 7.10. The van der Waals surface area contributed by atoms with Crippen LogP contribution >= 0.6 is 22.9 Å². The lowest BCUT2D eigenvalue weighted by molar-refractivity contribution is 0.0527. The average molecular weight is 296 g/mol. The molecule has 1 atom stereocenters. The molecule has 1 aromatic carbocycles. The lowest BCUT2D eigenvalue weighted by Gasteiger charge is -2.25. The van der Waals surface area contributed by atoms with Crippen molar-refractivity contribution < 1.29 is 9.90 Å². The van der Waals surface area contributed by atoms with Crippen molar-refractivity contribution in [3.63, 3.8) is 0 Å². The van der Waals surface area contributed by atoms with Crippen molar-refractivity contribution in [2.24, 2.45) is 0 Å². The smallest absolute Gasteiger partial charge is 0.252 e. The Morgan fingerprint density at radius 3 is 2.79 bits per heavy atom. The van der Waals surface area contributed by atoms with E-state index < -0.39 is 5.60 Å². The van der Waals surface area contributed by atoms with Crippen LogP contribution in [0.15, 0.2) is 41.1 Å². The minimum absolute atomic E-state index is 0.103. The molecule has 19 heavy (non-hydrogen) atoms. The van der Waals surface area contributed by atoms with E-state index in [1.807, 2.05) is 5.38 Å². The molecular formula is C14H14ClNO2S. The lowest BCUT2D eigenvalue weighted by Crippen LogP contribution is -2.38. The van der Waals surface area contributed by atoms with Crippen molar-refractivity contribution >= 4 is 28.8 Å². The number of halogens is 1. The zero-order chi connectivity index (χ0) is 13.9. The Hall–Kier alpha value is -1.36. The fourth-order valence-electron chi connectivity index (χ4n) is 1.74. The van der Waals surface area contributed by atoms with Crippen molar-refractivity contribution in [2.75, 3.05) is 6.54 Å². The summed E-state index contributed by atoms with van der Waals surface area (Å²) in [5.41, 5.74) is -0.00782. The van der Waals surface area contributed by atoms with Crippen LogP contribution in [0.25, 0.3) is 0 Å². The third-order valence-corrected chi connectivity index (χ3v) is 3.84. The SMILES string of the molecule is CC(O)(CNC(=O)c1ccsc1)c1ccccc1Cl. The first kappa shape index (κ1) is 14.1. The van der Waals surface area contributed by atoms with Gasteiger partial charge >= 0.3 is 0 Å². The Balaban J connectivity index is 2.06. The summed E-state index contributed by atoms with van der Waals surface area (Å²) in [6.07, 6.45) is 0. The number of thiophene rings is 1. The van der Waals surface area contributed by atoms with Gasteiger partial charge in [0.05, 0.1) is 6.54 Å². The third kappa shape index (κ3) is 3.35. The second-order valence-corrected chi connectivity index (χ2v) is 5.64. The van der Waals surface area contributed by atoms with E-state index in [1.165, 1.54) is 11.3 Å². The van der Waals surface area contributed by atoms with E-state index in [-0.39, 0.29) is 12.5 Å². The number of carbonyl (C=O) groups excluding carboxylic acids is 1. The topological polar surface area (TPSA) is 49.3 Å². The molecule has 2 N–H and O–H groups in total. The van der Waals surface area contributed by atoms with E-state index >= 15 is 0 Å². The first-order valence-electron chi connectivity index (χ1n) is 5.78. The molecule has 2 rings (SSSR count). The number of nitrogens with one attached hydrogen (secondary N) is 1. The van der Waals surface area contributed by atoms with Gasteiger partial charge < -0.3 is 10.4 Å². The standard InChI is InChI=1S/C14H14ClNO2S/c1-14(18,11-4-2-3-5-12(11)15)9-16-13(17)10-6-7-19-8-10/h2-8,18H,9H2,1H3,(H,16,17). The predicted octanol–water partition coefficient (Wildman–Crippen LogP) is 3.04. The maximum atomic E-state index is 11.8. The summed E-state index contributed by atoms with van der Waals surface area (Å²) in [5, 5.41) is 17.2. The molecular weight excluding hydrogens is 282 g/mol. The van der Waals surface area contributed by atoms with Crippen LogP contribution < -0.4 is 5.32 Å². The zero-order valence-electron chi connectivity index (χ0n) is 10.4. The molecule has 0 saturated carbocycles. The molecule has 0 aliphatic rings. The number of carbonyl (C=O) groups is 1. The summed E-state index contributed by atoms with van der Waals surface area (Å²) >= 11 is 7.51. The molecule has 3 nitrogen and oxygen atoms in total. The predicted molar refractivity (Wildman–Crippen MR) is 77.7 cm³/mol. The fourth-order valence-corrected chi connectivity index (χ4v) is 2.72. The van der Waals surface area contributed by atoms with Gasteiger partial charge in [-0.25, -0.2) is 0 Å². The van der Waals surface area contributed by atoms with Crippen LogP contribution in [-0.4, -0.2) is 17.6 Å². The van der Waals surface area contributed by atoms with Gasteiger partial charge in [-0.15, -0.1) is 0 Å². The van der Waals surface area contributed by atoms with E-state index in [9.17, 15) is 9.90 Å². The van der Waals surface area contributed by atoms with E-state index in [2.05, 4.69) is 5.32 Å². The van der Waals surface area contributed by atoms with Crippen LogP contribution in [0, 0.1) is 0 Å². The van der Waals surface area contributed by atoms with E-state index in [1.54, 1.807) is 42.6 Å². The molecule has 2 aromatic rings. The van der Waals surface area contributed by atoms with Gasteiger partial charge in [0.25, 0.3) is 5.91 Å². The second-order valence-electron chi connectivity index (χ2n) is 4.45. The molecule has 1 aromatic heterocycles. The Kier molecular flexibility index (Phi) is 4.24. The van der Waals surface area contributed by atoms with Crippen LogP contribution in [0.5, 0.6) is 0 Å². The molecule has 0 saturated heterocycles.